The summed E-state index contributed by atoms with van der Waals surface area (Å²) in [6.45, 7) is 6.98. The fourth-order valence-electron chi connectivity index (χ4n) is 2.92. The zero-order chi connectivity index (χ0) is 21.3. The standard InChI is InChI=1S/C22H22N2O5/c1-13(18(25)23-22(2,3)4)29-21(28)14-9-11-15(12-10-14)24-19(26)16-7-5-6-8-17(16)20(24)27/h5-13H,1-4H3,(H,23,25)/t13-/m1/s1. The molecule has 2 aromatic carbocycles. The van der Waals surface area contributed by atoms with Crippen molar-refractivity contribution in [3.63, 3.8) is 0 Å². The van der Waals surface area contributed by atoms with Crippen LogP contribution < -0.4 is 10.2 Å². The van der Waals surface area contributed by atoms with Gasteiger partial charge in [-0.05, 0) is 64.1 Å². The highest BCUT2D eigenvalue weighted by Crippen LogP contribution is 2.28. The van der Waals surface area contributed by atoms with Crippen LogP contribution in [0, 0.1) is 0 Å². The van der Waals surface area contributed by atoms with Gasteiger partial charge in [0.25, 0.3) is 17.7 Å². The van der Waals surface area contributed by atoms with Crippen molar-refractivity contribution in [1.29, 1.82) is 0 Å². The Morgan fingerprint density at radius 3 is 1.93 bits per heavy atom. The molecule has 1 N–H and O–H groups in total. The highest BCUT2D eigenvalue weighted by atomic mass is 16.5. The average Bonchev–Trinajstić information content (AvgIpc) is 2.91. The molecule has 1 aliphatic heterocycles. The molecule has 0 radical (unpaired) electrons. The largest absolute Gasteiger partial charge is 0.449 e. The Hall–Kier alpha value is -3.48. The van der Waals surface area contributed by atoms with E-state index in [0.717, 1.165) is 4.90 Å². The number of carbonyl (C=O) groups is 4. The van der Waals surface area contributed by atoms with Crippen molar-refractivity contribution in [3.8, 4) is 0 Å². The lowest BCUT2D eigenvalue weighted by molar-refractivity contribution is -0.130. The quantitative estimate of drug-likeness (QED) is 0.636. The molecule has 1 aliphatic rings. The van der Waals surface area contributed by atoms with Crippen LogP contribution in [-0.2, 0) is 9.53 Å². The Bertz CT molecular complexity index is 954. The molecule has 0 aliphatic carbocycles. The summed E-state index contributed by atoms with van der Waals surface area (Å²) in [6, 6.07) is 12.5. The fraction of sp³-hybridized carbons (Fsp3) is 0.273. The van der Waals surface area contributed by atoms with E-state index in [1.165, 1.54) is 31.2 Å². The maximum absolute atomic E-state index is 12.5. The first kappa shape index (κ1) is 20.3. The molecule has 7 nitrogen and oxygen atoms in total. The summed E-state index contributed by atoms with van der Waals surface area (Å²) in [5.74, 6) is -1.88. The average molecular weight is 394 g/mol. The van der Waals surface area contributed by atoms with Crippen molar-refractivity contribution in [2.24, 2.45) is 0 Å². The maximum atomic E-state index is 12.5. The van der Waals surface area contributed by atoms with Crippen LogP contribution >= 0.6 is 0 Å². The number of carbonyl (C=O) groups excluding carboxylic acids is 4. The van der Waals surface area contributed by atoms with Gasteiger partial charge in [-0.1, -0.05) is 12.1 Å². The van der Waals surface area contributed by atoms with Gasteiger partial charge in [0, 0.05) is 5.54 Å². The van der Waals surface area contributed by atoms with Gasteiger partial charge in [-0.2, -0.15) is 0 Å². The Balaban J connectivity index is 1.71. The van der Waals surface area contributed by atoms with E-state index in [9.17, 15) is 19.2 Å². The highest BCUT2D eigenvalue weighted by molar-refractivity contribution is 6.34. The summed E-state index contributed by atoms with van der Waals surface area (Å²) in [5.41, 5.74) is 0.817. The number of fused-ring (bicyclic) bond motifs is 1. The van der Waals surface area contributed by atoms with Crippen molar-refractivity contribution in [2.75, 3.05) is 4.90 Å². The van der Waals surface area contributed by atoms with Crippen LogP contribution in [0.15, 0.2) is 48.5 Å². The Morgan fingerprint density at radius 1 is 0.931 bits per heavy atom. The summed E-state index contributed by atoms with van der Waals surface area (Å²) in [7, 11) is 0. The third kappa shape index (κ3) is 4.18. The molecule has 0 saturated carbocycles. The molecule has 0 unspecified atom stereocenters. The molecule has 0 fully saturated rings. The number of ether oxygens (including phenoxy) is 1. The molecule has 0 saturated heterocycles. The summed E-state index contributed by atoms with van der Waals surface area (Å²) in [6.07, 6.45) is -0.961. The highest BCUT2D eigenvalue weighted by Gasteiger charge is 2.36. The first-order valence-corrected chi connectivity index (χ1v) is 9.19. The van der Waals surface area contributed by atoms with Crippen LogP contribution in [0.25, 0.3) is 0 Å². The van der Waals surface area contributed by atoms with Gasteiger partial charge < -0.3 is 10.1 Å². The smallest absolute Gasteiger partial charge is 0.338 e. The molecule has 150 valence electrons. The van der Waals surface area contributed by atoms with Gasteiger partial charge in [-0.3, -0.25) is 14.4 Å². The Morgan fingerprint density at radius 2 is 1.45 bits per heavy atom. The van der Waals surface area contributed by atoms with Crippen molar-refractivity contribution in [1.82, 2.24) is 5.32 Å². The van der Waals surface area contributed by atoms with E-state index in [0.29, 0.717) is 16.8 Å². The molecule has 29 heavy (non-hydrogen) atoms. The number of anilines is 1. The van der Waals surface area contributed by atoms with Crippen molar-refractivity contribution < 1.29 is 23.9 Å². The first-order valence-electron chi connectivity index (χ1n) is 9.19. The van der Waals surface area contributed by atoms with Crippen LogP contribution in [0.4, 0.5) is 5.69 Å². The van der Waals surface area contributed by atoms with Crippen LogP contribution in [0.5, 0.6) is 0 Å². The van der Waals surface area contributed by atoms with E-state index in [2.05, 4.69) is 5.32 Å². The molecule has 2 aromatic rings. The molecule has 0 bridgehead atoms. The second kappa shape index (κ2) is 7.50. The van der Waals surface area contributed by atoms with Crippen LogP contribution in [0.1, 0.15) is 58.8 Å². The van der Waals surface area contributed by atoms with E-state index in [4.69, 9.17) is 4.74 Å². The lowest BCUT2D eigenvalue weighted by atomic mass is 10.1. The third-order valence-electron chi connectivity index (χ3n) is 4.31. The molecule has 3 amide bonds. The number of nitrogens with zero attached hydrogens (tertiary/aromatic N) is 1. The van der Waals surface area contributed by atoms with Gasteiger partial charge >= 0.3 is 5.97 Å². The van der Waals surface area contributed by atoms with E-state index in [1.54, 1.807) is 24.3 Å². The molecular weight excluding hydrogens is 372 g/mol. The van der Waals surface area contributed by atoms with E-state index in [1.807, 2.05) is 20.8 Å². The third-order valence-corrected chi connectivity index (χ3v) is 4.31. The first-order chi connectivity index (χ1) is 13.6. The molecule has 0 spiro atoms. The Kier molecular flexibility index (Phi) is 5.24. The number of nitrogens with one attached hydrogen (secondary N) is 1. The van der Waals surface area contributed by atoms with Crippen LogP contribution in [0.3, 0.4) is 0 Å². The van der Waals surface area contributed by atoms with E-state index in [-0.39, 0.29) is 5.56 Å². The zero-order valence-electron chi connectivity index (χ0n) is 16.7. The number of amides is 3. The van der Waals surface area contributed by atoms with Crippen molar-refractivity contribution in [3.05, 3.63) is 65.2 Å². The lowest BCUT2D eigenvalue weighted by Crippen LogP contribution is -2.46. The molecular formula is C22H22N2O5. The predicted molar refractivity (Wildman–Crippen MR) is 107 cm³/mol. The predicted octanol–water partition coefficient (Wildman–Crippen LogP) is 2.95. The van der Waals surface area contributed by atoms with Gasteiger partial charge in [0.1, 0.15) is 0 Å². The van der Waals surface area contributed by atoms with Crippen molar-refractivity contribution >= 4 is 29.4 Å². The SMILES string of the molecule is C[C@@H](OC(=O)c1ccc(N2C(=O)c3ccccc3C2=O)cc1)C(=O)NC(C)(C)C. The number of benzene rings is 2. The van der Waals surface area contributed by atoms with Gasteiger partial charge in [0.05, 0.1) is 22.4 Å². The monoisotopic (exact) mass is 394 g/mol. The minimum atomic E-state index is -0.961. The van der Waals surface area contributed by atoms with E-state index >= 15 is 0 Å². The molecule has 0 aromatic heterocycles. The van der Waals surface area contributed by atoms with Gasteiger partial charge in [0.15, 0.2) is 6.10 Å². The van der Waals surface area contributed by atoms with Gasteiger partial charge in [0.2, 0.25) is 0 Å². The lowest BCUT2D eigenvalue weighted by Gasteiger charge is -2.23. The normalized spacial score (nSPS) is 14.4. The topological polar surface area (TPSA) is 92.8 Å². The van der Waals surface area contributed by atoms with Crippen LogP contribution in [0.2, 0.25) is 0 Å². The summed E-state index contributed by atoms with van der Waals surface area (Å²) in [4.78, 5) is 50.5. The number of rotatable bonds is 4. The maximum Gasteiger partial charge on any atom is 0.338 e. The minimum absolute atomic E-state index is 0.209. The van der Waals surface area contributed by atoms with Gasteiger partial charge in [-0.15, -0.1) is 0 Å². The fourth-order valence-corrected chi connectivity index (χ4v) is 2.92. The number of hydrogen-bond donors (Lipinski definition) is 1. The van der Waals surface area contributed by atoms with Crippen LogP contribution in [-0.4, -0.2) is 35.3 Å². The van der Waals surface area contributed by atoms with Crippen molar-refractivity contribution in [2.45, 2.75) is 39.3 Å². The van der Waals surface area contributed by atoms with Gasteiger partial charge in [-0.25, -0.2) is 9.69 Å². The summed E-state index contributed by atoms with van der Waals surface area (Å²) < 4.78 is 5.20. The molecule has 3 rings (SSSR count). The number of esters is 1. The number of imide groups is 1. The second-order valence-corrected chi connectivity index (χ2v) is 7.82. The molecule has 1 atom stereocenters. The number of hydrogen-bond acceptors (Lipinski definition) is 5. The zero-order valence-corrected chi connectivity index (χ0v) is 16.7. The minimum Gasteiger partial charge on any atom is -0.449 e. The molecule has 7 heteroatoms. The summed E-state index contributed by atoms with van der Waals surface area (Å²) >= 11 is 0. The summed E-state index contributed by atoms with van der Waals surface area (Å²) in [5, 5.41) is 2.74. The molecule has 1 heterocycles. The second-order valence-electron chi connectivity index (χ2n) is 7.82. The van der Waals surface area contributed by atoms with E-state index < -0.39 is 35.3 Å². The Labute approximate surface area is 168 Å².